The number of rotatable bonds is 6. The molecule has 0 spiro atoms. The lowest BCUT2D eigenvalue weighted by molar-refractivity contribution is -0.134. The fourth-order valence-corrected chi connectivity index (χ4v) is 4.84. The third-order valence-corrected chi connectivity index (χ3v) is 6.11. The summed E-state index contributed by atoms with van der Waals surface area (Å²) in [5.74, 6) is -0.00388. The molecule has 1 atom stereocenters. The summed E-state index contributed by atoms with van der Waals surface area (Å²) in [6.45, 7) is 4.30. The number of hydrogen-bond acceptors (Lipinski definition) is 6. The number of sulfone groups is 1. The highest BCUT2D eigenvalue weighted by atomic mass is 32.2. The Morgan fingerprint density at radius 2 is 2.04 bits per heavy atom. The van der Waals surface area contributed by atoms with E-state index in [1.165, 1.54) is 29.1 Å². The first-order valence-corrected chi connectivity index (χ1v) is 10.6. The van der Waals surface area contributed by atoms with Crippen molar-refractivity contribution in [3.63, 3.8) is 0 Å². The van der Waals surface area contributed by atoms with Crippen LogP contribution >= 0.6 is 0 Å². The largest absolute Gasteiger partial charge is 0.337 e. The van der Waals surface area contributed by atoms with E-state index in [1.54, 1.807) is 4.90 Å². The van der Waals surface area contributed by atoms with Crippen LogP contribution in [0.2, 0.25) is 0 Å². The van der Waals surface area contributed by atoms with E-state index >= 15 is 0 Å². The summed E-state index contributed by atoms with van der Waals surface area (Å²) in [6.07, 6.45) is 0.451. The van der Waals surface area contributed by atoms with Crippen LogP contribution in [-0.2, 0) is 21.2 Å². The van der Waals surface area contributed by atoms with Gasteiger partial charge in [-0.1, -0.05) is 13.8 Å². The second-order valence-electron chi connectivity index (χ2n) is 7.15. The Bertz CT molecular complexity index is 911. The number of tetrazole rings is 1. The lowest BCUT2D eigenvalue weighted by atomic mass is 10.1. The molecule has 8 nitrogen and oxygen atoms in total. The lowest BCUT2D eigenvalue weighted by Gasteiger charge is -2.29. The van der Waals surface area contributed by atoms with Gasteiger partial charge in [0.05, 0.1) is 11.5 Å². The predicted octanol–water partition coefficient (Wildman–Crippen LogP) is 1.15. The molecule has 1 fully saturated rings. The fourth-order valence-electron chi connectivity index (χ4n) is 3.11. The zero-order chi connectivity index (χ0) is 19.6. The molecule has 2 aromatic rings. The maximum absolute atomic E-state index is 13.0. The van der Waals surface area contributed by atoms with E-state index < -0.39 is 9.84 Å². The van der Waals surface area contributed by atoms with Gasteiger partial charge in [-0.15, -0.1) is 10.2 Å². The van der Waals surface area contributed by atoms with Crippen molar-refractivity contribution >= 4 is 15.7 Å². The Hall–Kier alpha value is -2.36. The molecule has 0 aliphatic carbocycles. The van der Waals surface area contributed by atoms with Crippen molar-refractivity contribution in [1.29, 1.82) is 0 Å². The van der Waals surface area contributed by atoms with E-state index in [2.05, 4.69) is 15.4 Å². The molecular weight excluding hydrogens is 373 g/mol. The molecule has 1 aliphatic heterocycles. The van der Waals surface area contributed by atoms with Crippen molar-refractivity contribution < 1.29 is 17.6 Å². The Balaban J connectivity index is 1.73. The molecule has 0 unspecified atom stereocenters. The molecule has 10 heteroatoms. The number of aromatic nitrogens is 4. The van der Waals surface area contributed by atoms with Crippen molar-refractivity contribution in [3.05, 3.63) is 30.1 Å². The SMILES string of the molecule is CC(C)CN(C(=O)Cn1nnc(-c2ccc(F)cc2)n1)[C@@H]1CCS(=O)(=O)C1. The van der Waals surface area contributed by atoms with E-state index in [1.807, 2.05) is 13.8 Å². The minimum atomic E-state index is -3.09. The molecule has 27 heavy (non-hydrogen) atoms. The normalized spacial score (nSPS) is 18.7. The highest BCUT2D eigenvalue weighted by molar-refractivity contribution is 7.91. The summed E-state index contributed by atoms with van der Waals surface area (Å²) in [5, 5.41) is 12.0. The van der Waals surface area contributed by atoms with Crippen LogP contribution in [0.3, 0.4) is 0 Å². The summed E-state index contributed by atoms with van der Waals surface area (Å²) in [6, 6.07) is 5.35. The molecule has 1 aromatic carbocycles. The smallest absolute Gasteiger partial charge is 0.246 e. The average Bonchev–Trinajstić information content (AvgIpc) is 3.19. The Morgan fingerprint density at radius 3 is 2.63 bits per heavy atom. The first-order valence-electron chi connectivity index (χ1n) is 8.77. The fraction of sp³-hybridized carbons (Fsp3) is 0.529. The van der Waals surface area contributed by atoms with Gasteiger partial charge in [0.15, 0.2) is 9.84 Å². The predicted molar refractivity (Wildman–Crippen MR) is 96.8 cm³/mol. The second-order valence-corrected chi connectivity index (χ2v) is 9.38. The van der Waals surface area contributed by atoms with Gasteiger partial charge in [-0.2, -0.15) is 4.80 Å². The van der Waals surface area contributed by atoms with Crippen LogP contribution in [0.5, 0.6) is 0 Å². The highest BCUT2D eigenvalue weighted by Crippen LogP contribution is 2.20. The zero-order valence-electron chi connectivity index (χ0n) is 15.2. The van der Waals surface area contributed by atoms with Crippen molar-refractivity contribution in [3.8, 4) is 11.4 Å². The first kappa shape index (κ1) is 19.4. The third kappa shape index (κ3) is 4.88. The Morgan fingerprint density at radius 1 is 1.33 bits per heavy atom. The monoisotopic (exact) mass is 395 g/mol. The standard InChI is InChI=1S/C17H22FN5O3S/c1-12(2)9-22(15-7-8-27(25,26)11-15)16(24)10-23-20-17(19-21-23)13-3-5-14(18)6-4-13/h3-6,12,15H,7-11H2,1-2H3/t15-/m1/s1. The van der Waals surface area contributed by atoms with Crippen LogP contribution < -0.4 is 0 Å². The number of carbonyl (C=O) groups is 1. The number of carbonyl (C=O) groups excluding carboxylic acids is 1. The molecule has 1 aliphatic rings. The molecule has 1 amide bonds. The van der Waals surface area contributed by atoms with Gasteiger partial charge in [-0.25, -0.2) is 12.8 Å². The first-order chi connectivity index (χ1) is 12.7. The minimum Gasteiger partial charge on any atom is -0.337 e. The van der Waals surface area contributed by atoms with Gasteiger partial charge in [-0.3, -0.25) is 4.79 Å². The number of nitrogens with zero attached hydrogens (tertiary/aromatic N) is 5. The third-order valence-electron chi connectivity index (χ3n) is 4.36. The van der Waals surface area contributed by atoms with Gasteiger partial charge in [0.1, 0.15) is 12.4 Å². The van der Waals surface area contributed by atoms with E-state index in [-0.39, 0.29) is 41.7 Å². The van der Waals surface area contributed by atoms with Gasteiger partial charge in [0.2, 0.25) is 11.7 Å². The van der Waals surface area contributed by atoms with Crippen molar-refractivity contribution in [2.75, 3.05) is 18.1 Å². The molecule has 3 rings (SSSR count). The quantitative estimate of drug-likeness (QED) is 0.728. The molecule has 1 saturated heterocycles. The zero-order valence-corrected chi connectivity index (χ0v) is 16.1. The van der Waals surface area contributed by atoms with E-state index in [4.69, 9.17) is 0 Å². The number of benzene rings is 1. The van der Waals surface area contributed by atoms with Gasteiger partial charge in [-0.05, 0) is 41.8 Å². The van der Waals surface area contributed by atoms with E-state index in [0.717, 1.165) is 0 Å². The summed E-state index contributed by atoms with van der Waals surface area (Å²) in [5.41, 5.74) is 0.594. The highest BCUT2D eigenvalue weighted by Gasteiger charge is 2.35. The van der Waals surface area contributed by atoms with E-state index in [0.29, 0.717) is 24.4 Å². The van der Waals surface area contributed by atoms with Gasteiger partial charge >= 0.3 is 0 Å². The van der Waals surface area contributed by atoms with Gasteiger partial charge in [0.25, 0.3) is 0 Å². The Labute approximate surface area is 157 Å². The van der Waals surface area contributed by atoms with Crippen molar-refractivity contribution in [2.45, 2.75) is 32.9 Å². The molecule has 0 radical (unpaired) electrons. The maximum Gasteiger partial charge on any atom is 0.246 e. The molecule has 146 valence electrons. The average molecular weight is 395 g/mol. The van der Waals surface area contributed by atoms with Gasteiger partial charge in [0, 0.05) is 18.2 Å². The molecule has 0 bridgehead atoms. The summed E-state index contributed by atoms with van der Waals surface area (Å²) in [4.78, 5) is 15.6. The van der Waals surface area contributed by atoms with Crippen LogP contribution in [0.4, 0.5) is 4.39 Å². The van der Waals surface area contributed by atoms with E-state index in [9.17, 15) is 17.6 Å². The van der Waals surface area contributed by atoms with Crippen LogP contribution in [0, 0.1) is 11.7 Å². The van der Waals surface area contributed by atoms with Crippen LogP contribution in [0.15, 0.2) is 24.3 Å². The van der Waals surface area contributed by atoms with Crippen LogP contribution in [0.25, 0.3) is 11.4 Å². The second kappa shape index (κ2) is 7.71. The van der Waals surface area contributed by atoms with Gasteiger partial charge < -0.3 is 4.90 Å². The topological polar surface area (TPSA) is 98.1 Å². The molecule has 0 saturated carbocycles. The molecular formula is C17H22FN5O3S. The summed E-state index contributed by atoms with van der Waals surface area (Å²) in [7, 11) is -3.09. The molecule has 0 N–H and O–H groups in total. The Kier molecular flexibility index (Phi) is 5.54. The minimum absolute atomic E-state index is 0.00290. The summed E-state index contributed by atoms with van der Waals surface area (Å²) >= 11 is 0. The number of amides is 1. The maximum atomic E-state index is 13.0. The summed E-state index contributed by atoms with van der Waals surface area (Å²) < 4.78 is 36.6. The number of halogens is 1. The van der Waals surface area contributed by atoms with Crippen molar-refractivity contribution in [1.82, 2.24) is 25.1 Å². The van der Waals surface area contributed by atoms with Crippen molar-refractivity contribution in [2.24, 2.45) is 5.92 Å². The molecule has 2 heterocycles. The molecule has 1 aromatic heterocycles. The van der Waals surface area contributed by atoms with Crippen LogP contribution in [0.1, 0.15) is 20.3 Å². The van der Waals surface area contributed by atoms with Crippen LogP contribution in [-0.4, -0.2) is 63.5 Å². The lowest BCUT2D eigenvalue weighted by Crippen LogP contribution is -2.45. The number of hydrogen-bond donors (Lipinski definition) is 0.